The average Bonchev–Trinajstić information content (AvgIpc) is 2.52. The fraction of sp³-hybridized carbons (Fsp3) is 0.385. The highest BCUT2D eigenvalue weighted by Gasteiger charge is 2.24. The molecule has 1 N–H and O–H groups in total. The quantitative estimate of drug-likeness (QED) is 0.455. The number of hydrogen-bond acceptors (Lipinski definition) is 7. The molecule has 1 atom stereocenters. The van der Waals surface area contributed by atoms with Gasteiger partial charge in [0, 0.05) is 12.1 Å². The summed E-state index contributed by atoms with van der Waals surface area (Å²) < 4.78 is 4.56. The highest BCUT2D eigenvalue weighted by molar-refractivity contribution is 5.97. The third-order valence-corrected chi connectivity index (χ3v) is 2.95. The summed E-state index contributed by atoms with van der Waals surface area (Å²) in [5, 5.41) is 24.0. The van der Waals surface area contributed by atoms with Gasteiger partial charge in [0.2, 0.25) is 0 Å². The van der Waals surface area contributed by atoms with Gasteiger partial charge in [0.1, 0.15) is 6.04 Å². The molecule has 0 fully saturated rings. The molecule has 0 saturated heterocycles. The molecule has 1 aromatic carbocycles. The van der Waals surface area contributed by atoms with Gasteiger partial charge in [-0.3, -0.25) is 25.0 Å². The molecule has 0 aromatic heterocycles. The van der Waals surface area contributed by atoms with Crippen LogP contribution in [-0.2, 0) is 9.53 Å². The number of methoxy groups -OCH3 is 1. The van der Waals surface area contributed by atoms with Gasteiger partial charge in [-0.2, -0.15) is 0 Å². The van der Waals surface area contributed by atoms with E-state index in [1.807, 2.05) is 0 Å². The van der Waals surface area contributed by atoms with E-state index >= 15 is 0 Å². The van der Waals surface area contributed by atoms with Crippen molar-refractivity contribution in [2.24, 2.45) is 0 Å². The van der Waals surface area contributed by atoms with E-state index in [0.29, 0.717) is 12.8 Å². The molecule has 0 spiro atoms. The Kier molecular flexibility index (Phi) is 6.13. The van der Waals surface area contributed by atoms with Crippen molar-refractivity contribution < 1.29 is 24.2 Å². The van der Waals surface area contributed by atoms with Crippen molar-refractivity contribution in [2.45, 2.75) is 25.8 Å². The van der Waals surface area contributed by atoms with Gasteiger partial charge < -0.3 is 10.1 Å². The van der Waals surface area contributed by atoms with Crippen molar-refractivity contribution in [3.63, 3.8) is 0 Å². The second-order valence-corrected chi connectivity index (χ2v) is 4.59. The molecule has 124 valence electrons. The molecule has 0 aliphatic carbocycles. The number of esters is 1. The van der Waals surface area contributed by atoms with E-state index in [1.165, 1.54) is 0 Å². The summed E-state index contributed by atoms with van der Waals surface area (Å²) >= 11 is 0. The van der Waals surface area contributed by atoms with Crippen LogP contribution in [0.3, 0.4) is 0 Å². The first-order chi connectivity index (χ1) is 10.8. The van der Waals surface area contributed by atoms with Crippen molar-refractivity contribution in [2.75, 3.05) is 7.11 Å². The van der Waals surface area contributed by atoms with Gasteiger partial charge in [0.15, 0.2) is 0 Å². The molecule has 10 heteroatoms. The predicted octanol–water partition coefficient (Wildman–Crippen LogP) is 1.57. The number of amides is 1. The maximum absolute atomic E-state index is 12.1. The molecular formula is C13H15N3O7. The Hall–Kier alpha value is -3.04. The molecule has 1 amide bonds. The summed E-state index contributed by atoms with van der Waals surface area (Å²) in [5.41, 5.74) is -1.46. The number of nitrogens with zero attached hydrogens (tertiary/aromatic N) is 2. The lowest BCUT2D eigenvalue weighted by Crippen LogP contribution is -2.41. The minimum absolute atomic E-state index is 0.282. The van der Waals surface area contributed by atoms with E-state index < -0.39 is 39.1 Å². The van der Waals surface area contributed by atoms with E-state index in [-0.39, 0.29) is 5.56 Å². The normalized spacial score (nSPS) is 11.4. The van der Waals surface area contributed by atoms with Crippen molar-refractivity contribution in [1.82, 2.24) is 5.32 Å². The van der Waals surface area contributed by atoms with E-state index in [0.717, 1.165) is 25.3 Å². The fourth-order valence-electron chi connectivity index (χ4n) is 1.86. The number of carbonyl (C=O) groups excluding carboxylic acids is 2. The fourth-order valence-corrected chi connectivity index (χ4v) is 1.86. The lowest BCUT2D eigenvalue weighted by atomic mass is 10.1. The van der Waals surface area contributed by atoms with Gasteiger partial charge in [0.25, 0.3) is 17.3 Å². The van der Waals surface area contributed by atoms with Crippen LogP contribution >= 0.6 is 0 Å². The topological polar surface area (TPSA) is 142 Å². The lowest BCUT2D eigenvalue weighted by molar-refractivity contribution is -0.394. The highest BCUT2D eigenvalue weighted by Crippen LogP contribution is 2.22. The summed E-state index contributed by atoms with van der Waals surface area (Å²) in [5.74, 6) is -1.50. The van der Waals surface area contributed by atoms with Gasteiger partial charge in [0.05, 0.1) is 28.6 Å². The van der Waals surface area contributed by atoms with Gasteiger partial charge in [-0.05, 0) is 6.42 Å². The zero-order chi connectivity index (χ0) is 17.6. The third kappa shape index (κ3) is 4.73. The van der Waals surface area contributed by atoms with Gasteiger partial charge in [-0.25, -0.2) is 4.79 Å². The average molecular weight is 325 g/mol. The number of benzene rings is 1. The lowest BCUT2D eigenvalue weighted by Gasteiger charge is -2.15. The standard InChI is InChI=1S/C13H15N3O7/c1-3-4-11(13(18)23-2)14-12(17)8-5-9(15(19)20)7-10(6-8)16(21)22/h5-7,11H,3-4H2,1-2H3,(H,14,17)/t11-/m1/s1. The molecule has 0 saturated carbocycles. The van der Waals surface area contributed by atoms with Gasteiger partial charge in [-0.1, -0.05) is 13.3 Å². The number of non-ortho nitro benzene ring substituents is 2. The van der Waals surface area contributed by atoms with Crippen molar-refractivity contribution in [3.05, 3.63) is 44.0 Å². The van der Waals surface area contributed by atoms with Crippen molar-refractivity contribution in [1.29, 1.82) is 0 Å². The monoisotopic (exact) mass is 325 g/mol. The first-order valence-electron chi connectivity index (χ1n) is 6.62. The van der Waals surface area contributed by atoms with Crippen LogP contribution in [0.1, 0.15) is 30.1 Å². The number of ether oxygens (including phenoxy) is 1. The summed E-state index contributed by atoms with van der Waals surface area (Å²) in [4.78, 5) is 43.6. The summed E-state index contributed by atoms with van der Waals surface area (Å²) in [6, 6.07) is 1.63. The zero-order valence-electron chi connectivity index (χ0n) is 12.5. The van der Waals surface area contributed by atoms with E-state index in [1.54, 1.807) is 6.92 Å². The Morgan fingerprint density at radius 3 is 2.09 bits per heavy atom. The minimum atomic E-state index is -0.934. The van der Waals surface area contributed by atoms with Crippen LogP contribution in [0.15, 0.2) is 18.2 Å². The molecule has 10 nitrogen and oxygen atoms in total. The summed E-state index contributed by atoms with van der Waals surface area (Å²) in [6.45, 7) is 1.79. The van der Waals surface area contributed by atoms with Crippen molar-refractivity contribution >= 4 is 23.3 Å². The van der Waals surface area contributed by atoms with E-state index in [2.05, 4.69) is 10.1 Å². The van der Waals surface area contributed by atoms with E-state index in [9.17, 15) is 29.8 Å². The molecule has 0 aliphatic heterocycles. The van der Waals surface area contributed by atoms with Crippen LogP contribution in [0, 0.1) is 20.2 Å². The number of rotatable bonds is 7. The molecule has 0 unspecified atom stereocenters. The van der Waals surface area contributed by atoms with Crippen LogP contribution in [0.4, 0.5) is 11.4 Å². The Labute approximate surface area is 130 Å². The second-order valence-electron chi connectivity index (χ2n) is 4.59. The minimum Gasteiger partial charge on any atom is -0.467 e. The maximum Gasteiger partial charge on any atom is 0.328 e. The predicted molar refractivity (Wildman–Crippen MR) is 77.9 cm³/mol. The maximum atomic E-state index is 12.1. The number of nitrogens with one attached hydrogen (secondary N) is 1. The molecule has 0 aliphatic rings. The number of nitro groups is 2. The summed E-state index contributed by atoms with van der Waals surface area (Å²) in [7, 11) is 1.16. The Bertz CT molecular complexity index is 612. The van der Waals surface area contributed by atoms with Crippen LogP contribution in [0.2, 0.25) is 0 Å². The Morgan fingerprint density at radius 1 is 1.17 bits per heavy atom. The van der Waals surface area contributed by atoms with Crippen LogP contribution in [-0.4, -0.2) is 34.9 Å². The Morgan fingerprint density at radius 2 is 1.70 bits per heavy atom. The second kappa shape index (κ2) is 7.82. The molecule has 0 bridgehead atoms. The largest absolute Gasteiger partial charge is 0.467 e. The molecule has 0 heterocycles. The van der Waals surface area contributed by atoms with Crippen LogP contribution in [0.5, 0.6) is 0 Å². The zero-order valence-corrected chi connectivity index (χ0v) is 12.5. The molecule has 1 rings (SSSR count). The molecule has 1 aromatic rings. The molecule has 0 radical (unpaired) electrons. The van der Waals surface area contributed by atoms with Crippen LogP contribution < -0.4 is 5.32 Å². The van der Waals surface area contributed by atoms with Crippen LogP contribution in [0.25, 0.3) is 0 Å². The molecule has 23 heavy (non-hydrogen) atoms. The summed E-state index contributed by atoms with van der Waals surface area (Å²) in [6.07, 6.45) is 0.880. The third-order valence-electron chi connectivity index (χ3n) is 2.95. The first-order valence-corrected chi connectivity index (χ1v) is 6.62. The van der Waals surface area contributed by atoms with Gasteiger partial charge >= 0.3 is 5.97 Å². The van der Waals surface area contributed by atoms with Gasteiger partial charge in [-0.15, -0.1) is 0 Å². The Balaban J connectivity index is 3.13. The van der Waals surface area contributed by atoms with Crippen molar-refractivity contribution in [3.8, 4) is 0 Å². The number of hydrogen-bond donors (Lipinski definition) is 1. The highest BCUT2D eigenvalue weighted by atomic mass is 16.6. The molecular weight excluding hydrogens is 310 g/mol. The SMILES string of the molecule is CCC[C@@H](NC(=O)c1cc([N+](=O)[O-])cc([N+](=O)[O-])c1)C(=O)OC. The van der Waals surface area contributed by atoms with E-state index in [4.69, 9.17) is 0 Å². The number of nitro benzene ring substituents is 2. The smallest absolute Gasteiger partial charge is 0.328 e. The first kappa shape index (κ1) is 18.0. The number of carbonyl (C=O) groups is 2.